The monoisotopic (exact) mass is 436 g/mol. The van der Waals surface area contributed by atoms with Gasteiger partial charge in [-0.2, -0.15) is 0 Å². The van der Waals surface area contributed by atoms with Gasteiger partial charge in [-0.05, 0) is 75.4 Å². The van der Waals surface area contributed by atoms with Crippen molar-refractivity contribution in [1.29, 1.82) is 0 Å². The topological polar surface area (TPSA) is 0 Å². The Bertz CT molecular complexity index is 271. The zero-order valence-electron chi connectivity index (χ0n) is 6.00. The van der Waals surface area contributed by atoms with Gasteiger partial charge in [0, 0.05) is 12.5 Å². The van der Waals surface area contributed by atoms with E-state index in [-0.39, 0.29) is 0 Å². The molecule has 0 aliphatic heterocycles. The second-order valence-corrected chi connectivity index (χ2v) is 5.21. The first-order valence-corrected chi connectivity index (χ1v) is 6.43. The molecule has 0 atom stereocenters. The molecule has 0 unspecified atom stereocenters. The Morgan fingerprint density at radius 1 is 1.27 bits per heavy atom. The summed E-state index contributed by atoms with van der Waals surface area (Å²) in [6, 6.07) is 4.45. The first-order valence-electron chi connectivity index (χ1n) is 3.15. The Balaban J connectivity index is 3.21. The molecule has 0 saturated heterocycles. The average Bonchev–Trinajstić information content (AvgIpc) is 1.97. The van der Waals surface area contributed by atoms with Crippen LogP contribution < -0.4 is 0 Å². The van der Waals surface area contributed by atoms with E-state index in [4.69, 9.17) is 0 Å². The second kappa shape index (κ2) is 4.41. The maximum absolute atomic E-state index is 3.46. The van der Waals surface area contributed by atoms with Gasteiger partial charge in [-0.3, -0.25) is 0 Å². The van der Waals surface area contributed by atoms with Crippen molar-refractivity contribution in [2.75, 3.05) is 0 Å². The molecular formula is C8H7BrI2. The number of aryl methyl sites for hydroxylation is 1. The van der Waals surface area contributed by atoms with Crippen LogP contribution in [0, 0.1) is 14.1 Å². The lowest BCUT2D eigenvalue weighted by molar-refractivity contribution is 1.32. The maximum Gasteiger partial charge on any atom is 0.0293 e. The highest BCUT2D eigenvalue weighted by atomic mass is 127. The lowest BCUT2D eigenvalue weighted by atomic mass is 10.2. The van der Waals surface area contributed by atoms with Crippen molar-refractivity contribution in [3.63, 3.8) is 0 Å². The van der Waals surface area contributed by atoms with Crippen molar-refractivity contribution in [3.8, 4) is 0 Å². The first-order chi connectivity index (χ1) is 5.15. The van der Waals surface area contributed by atoms with Crippen LogP contribution in [0.4, 0.5) is 0 Å². The van der Waals surface area contributed by atoms with Crippen LogP contribution in [0.3, 0.4) is 0 Å². The molecule has 60 valence electrons. The van der Waals surface area contributed by atoms with Gasteiger partial charge in [0.05, 0.1) is 0 Å². The van der Waals surface area contributed by atoms with E-state index in [1.165, 1.54) is 18.3 Å². The van der Waals surface area contributed by atoms with Gasteiger partial charge in [0.1, 0.15) is 0 Å². The van der Waals surface area contributed by atoms with Crippen LogP contribution in [0.5, 0.6) is 0 Å². The highest BCUT2D eigenvalue weighted by Crippen LogP contribution is 2.21. The molecule has 0 fully saturated rings. The third-order valence-corrected chi connectivity index (χ3v) is 4.24. The highest BCUT2D eigenvalue weighted by molar-refractivity contribution is 14.1. The van der Waals surface area contributed by atoms with Gasteiger partial charge in [0.15, 0.2) is 0 Å². The summed E-state index contributed by atoms with van der Waals surface area (Å²) in [5, 5.41) is 0.946. The van der Waals surface area contributed by atoms with Crippen LogP contribution in [0.2, 0.25) is 0 Å². The predicted octanol–water partition coefficient (Wildman–Crippen LogP) is 4.10. The quantitative estimate of drug-likeness (QED) is 0.459. The minimum absolute atomic E-state index is 0.946. The van der Waals surface area contributed by atoms with E-state index in [0.717, 1.165) is 5.33 Å². The van der Waals surface area contributed by atoms with Crippen molar-refractivity contribution < 1.29 is 0 Å². The van der Waals surface area contributed by atoms with Gasteiger partial charge < -0.3 is 0 Å². The molecule has 0 radical (unpaired) electrons. The Morgan fingerprint density at radius 3 is 2.45 bits per heavy atom. The van der Waals surface area contributed by atoms with Crippen LogP contribution in [0.25, 0.3) is 0 Å². The van der Waals surface area contributed by atoms with E-state index < -0.39 is 0 Å². The van der Waals surface area contributed by atoms with E-state index in [2.05, 4.69) is 80.2 Å². The minimum Gasteiger partial charge on any atom is -0.0876 e. The van der Waals surface area contributed by atoms with Crippen molar-refractivity contribution in [2.24, 2.45) is 0 Å². The molecule has 1 rings (SSSR count). The molecular weight excluding hydrogens is 430 g/mol. The fourth-order valence-electron chi connectivity index (χ4n) is 0.790. The van der Waals surface area contributed by atoms with Crippen LogP contribution in [0.15, 0.2) is 12.1 Å². The van der Waals surface area contributed by atoms with E-state index in [0.29, 0.717) is 0 Å². The molecule has 0 nitrogen and oxygen atoms in total. The number of benzene rings is 1. The third kappa shape index (κ3) is 2.55. The molecule has 0 bridgehead atoms. The summed E-state index contributed by atoms with van der Waals surface area (Å²) >= 11 is 8.19. The lowest BCUT2D eigenvalue weighted by Gasteiger charge is -2.03. The van der Waals surface area contributed by atoms with Gasteiger partial charge in [-0.15, -0.1) is 0 Å². The molecule has 0 aromatic heterocycles. The molecule has 0 aliphatic carbocycles. The van der Waals surface area contributed by atoms with Crippen molar-refractivity contribution in [1.82, 2.24) is 0 Å². The summed E-state index contributed by atoms with van der Waals surface area (Å²) in [6.07, 6.45) is 0. The Hall–Kier alpha value is 1.16. The highest BCUT2D eigenvalue weighted by Gasteiger charge is 2.01. The van der Waals surface area contributed by atoms with Crippen LogP contribution in [0.1, 0.15) is 11.1 Å². The molecule has 0 N–H and O–H groups in total. The molecule has 3 heteroatoms. The first kappa shape index (κ1) is 10.2. The van der Waals surface area contributed by atoms with Gasteiger partial charge in [-0.1, -0.05) is 15.9 Å². The Morgan fingerprint density at radius 2 is 1.91 bits per heavy atom. The molecule has 0 amide bonds. The summed E-state index contributed by atoms with van der Waals surface area (Å²) in [5.41, 5.74) is 2.74. The molecule has 0 heterocycles. The SMILES string of the molecule is Cc1cc(I)c(CBr)cc1I. The van der Waals surface area contributed by atoms with Gasteiger partial charge in [0.25, 0.3) is 0 Å². The van der Waals surface area contributed by atoms with E-state index in [9.17, 15) is 0 Å². The number of halogens is 3. The smallest absolute Gasteiger partial charge is 0.0293 e. The normalized spacial score (nSPS) is 10.2. The van der Waals surface area contributed by atoms with E-state index in [1.807, 2.05) is 0 Å². The molecule has 0 aliphatic rings. The molecule has 1 aromatic rings. The Kier molecular flexibility index (Phi) is 4.11. The standard InChI is InChI=1S/C8H7BrI2/c1-5-2-8(11)6(4-9)3-7(5)10/h2-3H,4H2,1H3. The second-order valence-electron chi connectivity index (χ2n) is 2.33. The Labute approximate surface area is 103 Å². The van der Waals surface area contributed by atoms with Gasteiger partial charge >= 0.3 is 0 Å². The van der Waals surface area contributed by atoms with E-state index in [1.54, 1.807) is 0 Å². The maximum atomic E-state index is 3.46. The molecule has 0 saturated carbocycles. The largest absolute Gasteiger partial charge is 0.0876 e. The van der Waals surface area contributed by atoms with Crippen molar-refractivity contribution in [2.45, 2.75) is 12.3 Å². The number of alkyl halides is 1. The summed E-state index contributed by atoms with van der Waals surface area (Å²) in [4.78, 5) is 0. The summed E-state index contributed by atoms with van der Waals surface area (Å²) in [5.74, 6) is 0. The van der Waals surface area contributed by atoms with Crippen LogP contribution >= 0.6 is 61.1 Å². The predicted molar refractivity (Wildman–Crippen MR) is 69.2 cm³/mol. The van der Waals surface area contributed by atoms with Crippen LogP contribution in [-0.4, -0.2) is 0 Å². The zero-order chi connectivity index (χ0) is 8.43. The summed E-state index contributed by atoms with van der Waals surface area (Å²) in [7, 11) is 0. The molecule has 11 heavy (non-hydrogen) atoms. The van der Waals surface area contributed by atoms with Crippen molar-refractivity contribution >= 4 is 61.1 Å². The van der Waals surface area contributed by atoms with Gasteiger partial charge in [-0.25, -0.2) is 0 Å². The number of hydrogen-bond acceptors (Lipinski definition) is 0. The van der Waals surface area contributed by atoms with Crippen molar-refractivity contribution in [3.05, 3.63) is 30.4 Å². The zero-order valence-corrected chi connectivity index (χ0v) is 11.9. The van der Waals surface area contributed by atoms with Gasteiger partial charge in [0.2, 0.25) is 0 Å². The fourth-order valence-corrected chi connectivity index (χ4v) is 3.12. The average molecular weight is 437 g/mol. The summed E-state index contributed by atoms with van der Waals surface area (Å²) < 4.78 is 2.69. The number of hydrogen-bond donors (Lipinski definition) is 0. The summed E-state index contributed by atoms with van der Waals surface area (Å²) in [6.45, 7) is 2.14. The molecule has 1 aromatic carbocycles. The lowest BCUT2D eigenvalue weighted by Crippen LogP contribution is -1.88. The minimum atomic E-state index is 0.946. The third-order valence-electron chi connectivity index (χ3n) is 1.47. The van der Waals surface area contributed by atoms with E-state index >= 15 is 0 Å². The fraction of sp³-hybridized carbons (Fsp3) is 0.250. The number of rotatable bonds is 1. The van der Waals surface area contributed by atoms with Crippen LogP contribution in [-0.2, 0) is 5.33 Å². The molecule has 0 spiro atoms.